The number of ether oxygens (including phenoxy) is 3. The maximum atomic E-state index is 11.5. The summed E-state index contributed by atoms with van der Waals surface area (Å²) in [4.78, 5) is 34.4. The maximum Gasteiger partial charge on any atom is 0.339 e. The van der Waals surface area contributed by atoms with E-state index in [-0.39, 0.29) is 36.2 Å². The minimum atomic E-state index is -0.165. The van der Waals surface area contributed by atoms with Gasteiger partial charge in [0.25, 0.3) is 0 Å². The van der Waals surface area contributed by atoms with E-state index in [1.165, 1.54) is 24.0 Å². The highest BCUT2D eigenvalue weighted by atomic mass is 16.6. The summed E-state index contributed by atoms with van der Waals surface area (Å²) >= 11 is 0. The Bertz CT molecular complexity index is 1200. The Labute approximate surface area is 251 Å². The Balaban J connectivity index is 0.000000145. The van der Waals surface area contributed by atoms with Gasteiger partial charge in [-0.1, -0.05) is 70.4 Å². The molecule has 0 amide bonds. The van der Waals surface area contributed by atoms with Crippen molar-refractivity contribution in [2.75, 3.05) is 0 Å². The standard InChI is InChI=1S/C12H18O2.C12H16O2.C12H14O2/c3*1-2-3-8-11-9-6-4-5-7-10(9)12(13)14-11/h11H,2-8H2,1H3;5,7,11H,2-4,6,8H2,1H3;4-7,11H,2-3,8H2,1H3. The van der Waals surface area contributed by atoms with E-state index in [9.17, 15) is 14.4 Å². The second-order valence-electron chi connectivity index (χ2n) is 11.8. The van der Waals surface area contributed by atoms with Crippen LogP contribution < -0.4 is 0 Å². The Morgan fingerprint density at radius 1 is 0.667 bits per heavy atom. The first kappa shape index (κ1) is 31.8. The lowest BCUT2D eigenvalue weighted by molar-refractivity contribution is -0.140. The highest BCUT2D eigenvalue weighted by molar-refractivity contribution is 5.95. The van der Waals surface area contributed by atoms with Crippen molar-refractivity contribution in [3.8, 4) is 0 Å². The molecule has 1 aromatic carbocycles. The van der Waals surface area contributed by atoms with Crippen LogP contribution in [-0.4, -0.2) is 30.1 Å². The number of benzene rings is 1. The van der Waals surface area contributed by atoms with Crippen LogP contribution in [0.5, 0.6) is 0 Å². The van der Waals surface area contributed by atoms with E-state index >= 15 is 0 Å². The molecular weight excluding hydrogens is 528 g/mol. The molecule has 0 saturated carbocycles. The Morgan fingerprint density at radius 3 is 1.98 bits per heavy atom. The smallest absolute Gasteiger partial charge is 0.339 e. The molecule has 42 heavy (non-hydrogen) atoms. The van der Waals surface area contributed by atoms with E-state index in [0.717, 1.165) is 106 Å². The van der Waals surface area contributed by atoms with E-state index < -0.39 is 0 Å². The van der Waals surface area contributed by atoms with Crippen molar-refractivity contribution >= 4 is 17.9 Å². The van der Waals surface area contributed by atoms with Crippen LogP contribution in [0.1, 0.15) is 139 Å². The van der Waals surface area contributed by atoms with Gasteiger partial charge in [-0.15, -0.1) is 0 Å². The van der Waals surface area contributed by atoms with Gasteiger partial charge in [0.2, 0.25) is 0 Å². The van der Waals surface area contributed by atoms with Crippen LogP contribution >= 0.6 is 0 Å². The van der Waals surface area contributed by atoms with E-state index in [4.69, 9.17) is 14.2 Å². The first-order valence-corrected chi connectivity index (χ1v) is 16.3. The lowest BCUT2D eigenvalue weighted by atomic mass is 9.89. The zero-order valence-corrected chi connectivity index (χ0v) is 25.8. The van der Waals surface area contributed by atoms with E-state index in [1.54, 1.807) is 0 Å². The SMILES string of the molecule is CCCCC1OC(=O)C2=C1CCC=C2.CCCCC1OC(=O)C2=C1CCCC2.CCCCC1OC(=O)c2ccccc21. The van der Waals surface area contributed by atoms with Crippen molar-refractivity contribution in [3.05, 3.63) is 69.8 Å². The van der Waals surface area contributed by atoms with Crippen molar-refractivity contribution in [2.24, 2.45) is 0 Å². The highest BCUT2D eigenvalue weighted by Gasteiger charge is 2.35. The average Bonchev–Trinajstić information content (AvgIpc) is 3.65. The maximum absolute atomic E-state index is 11.5. The van der Waals surface area contributed by atoms with Crippen LogP contribution in [0.3, 0.4) is 0 Å². The van der Waals surface area contributed by atoms with Gasteiger partial charge in [0.15, 0.2) is 0 Å². The molecular formula is C36H48O6. The van der Waals surface area contributed by atoms with Gasteiger partial charge in [0.05, 0.1) is 11.1 Å². The van der Waals surface area contributed by atoms with Crippen molar-refractivity contribution in [1.29, 1.82) is 0 Å². The predicted molar refractivity (Wildman–Crippen MR) is 164 cm³/mol. The van der Waals surface area contributed by atoms with E-state index in [0.29, 0.717) is 0 Å². The predicted octanol–water partition coefficient (Wildman–Crippen LogP) is 8.81. The highest BCUT2D eigenvalue weighted by Crippen LogP contribution is 2.37. The number of carbonyl (C=O) groups is 3. The number of carbonyl (C=O) groups excluding carboxylic acids is 3. The number of cyclic esters (lactones) is 3. The third-order valence-electron chi connectivity index (χ3n) is 8.70. The molecule has 6 rings (SSSR count). The van der Waals surface area contributed by atoms with Gasteiger partial charge in [0, 0.05) is 11.1 Å². The fourth-order valence-electron chi connectivity index (χ4n) is 6.34. The minimum absolute atomic E-state index is 0.00125. The number of esters is 3. The first-order chi connectivity index (χ1) is 20.5. The van der Waals surface area contributed by atoms with Gasteiger partial charge in [-0.2, -0.15) is 0 Å². The van der Waals surface area contributed by atoms with E-state index in [2.05, 4.69) is 26.8 Å². The summed E-state index contributed by atoms with van der Waals surface area (Å²) in [6.07, 6.45) is 20.5. The Hall–Kier alpha value is -3.15. The van der Waals surface area contributed by atoms with Crippen molar-refractivity contribution < 1.29 is 28.6 Å². The van der Waals surface area contributed by atoms with Gasteiger partial charge >= 0.3 is 17.9 Å². The third kappa shape index (κ3) is 7.81. The number of unbranched alkanes of at least 4 members (excludes halogenated alkanes) is 3. The zero-order valence-electron chi connectivity index (χ0n) is 25.8. The van der Waals surface area contributed by atoms with E-state index in [1.807, 2.05) is 30.3 Å². The molecule has 3 aliphatic heterocycles. The first-order valence-electron chi connectivity index (χ1n) is 16.3. The van der Waals surface area contributed by atoms with Crippen LogP contribution in [-0.2, 0) is 23.8 Å². The molecule has 0 aromatic heterocycles. The zero-order chi connectivity index (χ0) is 29.9. The minimum Gasteiger partial charge on any atom is -0.454 e. The molecule has 228 valence electrons. The van der Waals surface area contributed by atoms with Crippen LogP contribution in [0.25, 0.3) is 0 Å². The second kappa shape index (κ2) is 15.9. The lowest BCUT2D eigenvalue weighted by Gasteiger charge is -2.15. The molecule has 3 heterocycles. The molecule has 0 fully saturated rings. The Kier molecular flexibility index (Phi) is 12.0. The molecule has 2 aliphatic carbocycles. The summed E-state index contributed by atoms with van der Waals surface area (Å²) in [6, 6.07) is 7.66. The molecule has 3 atom stereocenters. The molecule has 3 unspecified atom stereocenters. The topological polar surface area (TPSA) is 78.9 Å². The largest absolute Gasteiger partial charge is 0.454 e. The monoisotopic (exact) mass is 576 g/mol. The molecule has 0 saturated heterocycles. The number of fused-ring (bicyclic) bond motifs is 1. The molecule has 0 radical (unpaired) electrons. The van der Waals surface area contributed by atoms with Gasteiger partial charge < -0.3 is 14.2 Å². The summed E-state index contributed by atoms with van der Waals surface area (Å²) in [5.41, 5.74) is 6.22. The van der Waals surface area contributed by atoms with Crippen LogP contribution in [0.2, 0.25) is 0 Å². The lowest BCUT2D eigenvalue weighted by Crippen LogP contribution is -2.11. The van der Waals surface area contributed by atoms with Gasteiger partial charge in [0.1, 0.15) is 18.3 Å². The summed E-state index contributed by atoms with van der Waals surface area (Å²) < 4.78 is 16.0. The summed E-state index contributed by atoms with van der Waals surface area (Å²) in [5.74, 6) is -0.306. The quantitative estimate of drug-likeness (QED) is 0.216. The average molecular weight is 577 g/mol. The summed E-state index contributed by atoms with van der Waals surface area (Å²) in [7, 11) is 0. The number of allylic oxidation sites excluding steroid dienone is 1. The van der Waals surface area contributed by atoms with Gasteiger partial charge in [-0.25, -0.2) is 14.4 Å². The normalized spacial score (nSPS) is 23.6. The Morgan fingerprint density at radius 2 is 1.26 bits per heavy atom. The van der Waals surface area contributed by atoms with Crippen LogP contribution in [0, 0.1) is 0 Å². The molecule has 6 heteroatoms. The van der Waals surface area contributed by atoms with Gasteiger partial charge in [-0.3, -0.25) is 0 Å². The number of hydrogen-bond acceptors (Lipinski definition) is 6. The molecule has 0 spiro atoms. The number of hydrogen-bond donors (Lipinski definition) is 0. The summed E-state index contributed by atoms with van der Waals surface area (Å²) in [5, 5.41) is 0. The molecule has 0 bridgehead atoms. The van der Waals surface area contributed by atoms with Crippen LogP contribution in [0.15, 0.2) is 58.7 Å². The van der Waals surface area contributed by atoms with Crippen LogP contribution in [0.4, 0.5) is 0 Å². The van der Waals surface area contributed by atoms with Gasteiger partial charge in [-0.05, 0) is 94.3 Å². The van der Waals surface area contributed by atoms with Crippen molar-refractivity contribution in [1.82, 2.24) is 0 Å². The van der Waals surface area contributed by atoms with Crippen molar-refractivity contribution in [2.45, 2.75) is 135 Å². The fraction of sp³-hybridized carbons (Fsp3) is 0.583. The molecule has 5 aliphatic rings. The van der Waals surface area contributed by atoms with Crippen molar-refractivity contribution in [3.63, 3.8) is 0 Å². The number of rotatable bonds is 9. The molecule has 0 N–H and O–H groups in total. The second-order valence-corrected chi connectivity index (χ2v) is 11.8. The fourth-order valence-corrected chi connectivity index (χ4v) is 6.34. The molecule has 1 aromatic rings. The molecule has 6 nitrogen and oxygen atoms in total. The summed E-state index contributed by atoms with van der Waals surface area (Å²) in [6.45, 7) is 6.47. The third-order valence-corrected chi connectivity index (χ3v) is 8.70.